The Balaban J connectivity index is 1.27. The SMILES string of the molecule is O=C(O)c1ccc(CCC(C=Cc2ccccc2OCc2ccc(-c3ccc(C(F)(F)F)cc3)cc2)Cc2ccc(C(=O)O)cc2)cc1. The normalized spacial score (nSPS) is 12.1. The number of hydrogen-bond donors (Lipinski definition) is 2. The second-order valence-electron chi connectivity index (χ2n) is 11.5. The molecular formula is C40H33F3O5. The highest BCUT2D eigenvalue weighted by molar-refractivity contribution is 5.88. The number of allylic oxidation sites excluding steroid dienone is 1. The van der Waals surface area contributed by atoms with Crippen molar-refractivity contribution >= 4 is 18.0 Å². The van der Waals surface area contributed by atoms with Gasteiger partial charge in [0.25, 0.3) is 0 Å². The first-order chi connectivity index (χ1) is 23.0. The molecule has 0 aliphatic heterocycles. The molecule has 0 radical (unpaired) electrons. The summed E-state index contributed by atoms with van der Waals surface area (Å²) in [6, 6.07) is 33.9. The third kappa shape index (κ3) is 9.22. The van der Waals surface area contributed by atoms with Crippen LogP contribution in [0.3, 0.4) is 0 Å². The molecule has 0 saturated heterocycles. The molecule has 5 aromatic carbocycles. The van der Waals surface area contributed by atoms with Crippen LogP contribution in [0.4, 0.5) is 13.2 Å². The van der Waals surface area contributed by atoms with Gasteiger partial charge in [-0.2, -0.15) is 13.2 Å². The Labute approximate surface area is 276 Å². The number of halogens is 3. The van der Waals surface area contributed by atoms with E-state index in [1.165, 1.54) is 12.1 Å². The van der Waals surface area contributed by atoms with E-state index in [1.54, 1.807) is 24.3 Å². The maximum Gasteiger partial charge on any atom is 0.416 e. The second kappa shape index (κ2) is 15.3. The van der Waals surface area contributed by atoms with E-state index in [2.05, 4.69) is 6.08 Å². The Morgan fingerprint density at radius 1 is 0.667 bits per heavy atom. The zero-order chi connectivity index (χ0) is 34.1. The van der Waals surface area contributed by atoms with Crippen LogP contribution in [0.25, 0.3) is 17.2 Å². The Morgan fingerprint density at radius 3 is 1.75 bits per heavy atom. The van der Waals surface area contributed by atoms with Crippen LogP contribution in [0.1, 0.15) is 55.0 Å². The Bertz CT molecular complexity index is 1860. The topological polar surface area (TPSA) is 83.8 Å². The molecule has 5 rings (SSSR count). The van der Waals surface area contributed by atoms with Crippen molar-refractivity contribution in [1.82, 2.24) is 0 Å². The first kappa shape index (κ1) is 33.7. The minimum atomic E-state index is -4.38. The molecule has 0 bridgehead atoms. The van der Waals surface area contributed by atoms with Gasteiger partial charge in [0.1, 0.15) is 12.4 Å². The lowest BCUT2D eigenvalue weighted by atomic mass is 9.91. The fourth-order valence-electron chi connectivity index (χ4n) is 5.31. The van der Waals surface area contributed by atoms with Crippen LogP contribution in [-0.2, 0) is 25.6 Å². The maximum absolute atomic E-state index is 12.9. The van der Waals surface area contributed by atoms with E-state index < -0.39 is 23.7 Å². The maximum atomic E-state index is 12.9. The summed E-state index contributed by atoms with van der Waals surface area (Å²) in [4.78, 5) is 22.6. The number of para-hydroxylation sites is 1. The molecule has 48 heavy (non-hydrogen) atoms. The van der Waals surface area contributed by atoms with Gasteiger partial charge >= 0.3 is 18.1 Å². The molecule has 0 aliphatic rings. The highest BCUT2D eigenvalue weighted by atomic mass is 19.4. The van der Waals surface area contributed by atoms with Crippen molar-refractivity contribution in [2.24, 2.45) is 5.92 Å². The van der Waals surface area contributed by atoms with Crippen LogP contribution in [0, 0.1) is 5.92 Å². The van der Waals surface area contributed by atoms with Crippen molar-refractivity contribution in [3.8, 4) is 16.9 Å². The molecule has 1 atom stereocenters. The molecular weight excluding hydrogens is 617 g/mol. The third-order valence-electron chi connectivity index (χ3n) is 8.06. The fraction of sp³-hybridized carbons (Fsp3) is 0.150. The first-order valence-corrected chi connectivity index (χ1v) is 15.4. The quantitative estimate of drug-likeness (QED) is 0.133. The van der Waals surface area contributed by atoms with Gasteiger partial charge in [-0.05, 0) is 95.5 Å². The van der Waals surface area contributed by atoms with Crippen molar-refractivity contribution in [3.63, 3.8) is 0 Å². The summed E-state index contributed by atoms with van der Waals surface area (Å²) < 4.78 is 44.9. The predicted molar refractivity (Wildman–Crippen MR) is 179 cm³/mol. The van der Waals surface area contributed by atoms with Gasteiger partial charge in [-0.15, -0.1) is 0 Å². The van der Waals surface area contributed by atoms with E-state index in [1.807, 2.05) is 78.9 Å². The first-order valence-electron chi connectivity index (χ1n) is 15.4. The van der Waals surface area contributed by atoms with Crippen LogP contribution in [0.15, 0.2) is 127 Å². The third-order valence-corrected chi connectivity index (χ3v) is 8.06. The monoisotopic (exact) mass is 650 g/mol. The van der Waals surface area contributed by atoms with Crippen molar-refractivity contribution in [1.29, 1.82) is 0 Å². The highest BCUT2D eigenvalue weighted by Crippen LogP contribution is 2.31. The van der Waals surface area contributed by atoms with Crippen LogP contribution < -0.4 is 4.74 Å². The molecule has 0 aliphatic carbocycles. The molecule has 0 amide bonds. The Morgan fingerprint density at radius 2 is 1.19 bits per heavy atom. The van der Waals surface area contributed by atoms with Gasteiger partial charge in [0.05, 0.1) is 16.7 Å². The Hall–Kier alpha value is -5.63. The summed E-state index contributed by atoms with van der Waals surface area (Å²) in [6.45, 7) is 0.295. The molecule has 0 heterocycles. The van der Waals surface area contributed by atoms with Gasteiger partial charge < -0.3 is 14.9 Å². The summed E-state index contributed by atoms with van der Waals surface area (Å²) in [7, 11) is 0. The lowest BCUT2D eigenvalue weighted by molar-refractivity contribution is -0.137. The molecule has 244 valence electrons. The van der Waals surface area contributed by atoms with E-state index in [0.29, 0.717) is 24.3 Å². The summed E-state index contributed by atoms with van der Waals surface area (Å²) >= 11 is 0. The molecule has 1 unspecified atom stereocenters. The Kier molecular flexibility index (Phi) is 10.8. The van der Waals surface area contributed by atoms with E-state index in [-0.39, 0.29) is 17.0 Å². The molecule has 0 spiro atoms. The zero-order valence-electron chi connectivity index (χ0n) is 25.9. The predicted octanol–water partition coefficient (Wildman–Crippen LogP) is 9.85. The van der Waals surface area contributed by atoms with Crippen LogP contribution in [-0.4, -0.2) is 22.2 Å². The number of alkyl halides is 3. The summed E-state index contributed by atoms with van der Waals surface area (Å²) in [6.07, 6.45) is 1.95. The van der Waals surface area contributed by atoms with E-state index in [4.69, 9.17) is 4.74 Å². The number of hydrogen-bond acceptors (Lipinski definition) is 3. The average molecular weight is 651 g/mol. The average Bonchev–Trinajstić information content (AvgIpc) is 3.09. The summed E-state index contributed by atoms with van der Waals surface area (Å²) in [5, 5.41) is 18.5. The molecule has 0 aromatic heterocycles. The number of aromatic carboxylic acids is 2. The van der Waals surface area contributed by atoms with Crippen molar-refractivity contribution in [2.45, 2.75) is 32.0 Å². The van der Waals surface area contributed by atoms with Crippen LogP contribution in [0.5, 0.6) is 5.75 Å². The van der Waals surface area contributed by atoms with Crippen LogP contribution in [0.2, 0.25) is 0 Å². The van der Waals surface area contributed by atoms with Gasteiger partial charge in [-0.3, -0.25) is 0 Å². The smallest absolute Gasteiger partial charge is 0.416 e. The summed E-state index contributed by atoms with van der Waals surface area (Å²) in [5.41, 5.74) is 5.08. The lowest BCUT2D eigenvalue weighted by Crippen LogP contribution is -2.05. The van der Waals surface area contributed by atoms with Crippen molar-refractivity contribution in [2.75, 3.05) is 0 Å². The van der Waals surface area contributed by atoms with Gasteiger partial charge in [0.2, 0.25) is 0 Å². The number of carbonyl (C=O) groups is 2. The minimum absolute atomic E-state index is 0.0885. The second-order valence-corrected chi connectivity index (χ2v) is 11.5. The minimum Gasteiger partial charge on any atom is -0.488 e. The van der Waals surface area contributed by atoms with E-state index >= 15 is 0 Å². The van der Waals surface area contributed by atoms with Gasteiger partial charge in [0.15, 0.2) is 0 Å². The molecule has 8 heteroatoms. The number of benzene rings is 5. The molecule has 0 saturated carbocycles. The van der Waals surface area contributed by atoms with E-state index in [9.17, 15) is 33.0 Å². The number of carboxylic acid groups (broad SMARTS) is 2. The van der Waals surface area contributed by atoms with Crippen molar-refractivity contribution in [3.05, 3.63) is 166 Å². The zero-order valence-corrected chi connectivity index (χ0v) is 25.9. The van der Waals surface area contributed by atoms with Gasteiger partial charge in [-0.25, -0.2) is 9.59 Å². The molecule has 5 aromatic rings. The van der Waals surface area contributed by atoms with Crippen molar-refractivity contribution < 1.29 is 37.7 Å². The fourth-order valence-corrected chi connectivity index (χ4v) is 5.31. The van der Waals surface area contributed by atoms with Gasteiger partial charge in [-0.1, -0.05) is 91.0 Å². The molecule has 0 fully saturated rings. The number of aryl methyl sites for hydroxylation is 1. The number of rotatable bonds is 13. The van der Waals surface area contributed by atoms with Gasteiger partial charge in [0, 0.05) is 5.56 Å². The lowest BCUT2D eigenvalue weighted by Gasteiger charge is -2.15. The van der Waals surface area contributed by atoms with Crippen LogP contribution >= 0.6 is 0 Å². The number of carboxylic acids is 2. The largest absolute Gasteiger partial charge is 0.488 e. The van der Waals surface area contributed by atoms with E-state index in [0.717, 1.165) is 52.8 Å². The standard InChI is InChI=1S/C40H33F3O5/c41-40(42,43)36-23-21-32(22-24-36)31-14-12-30(13-15-31)26-48-37-4-2-1-3-33(37)16-9-28(25-29-10-19-35(20-11-29)39(46)47)6-5-27-7-17-34(18-8-27)38(44)45/h1-4,7-24,28H,5-6,25-26H2,(H,44,45)(H,46,47). The molecule has 5 nitrogen and oxygen atoms in total. The highest BCUT2D eigenvalue weighted by Gasteiger charge is 2.30. The summed E-state index contributed by atoms with van der Waals surface area (Å²) in [5.74, 6) is -1.17. The number of ether oxygens (including phenoxy) is 1. The molecule has 2 N–H and O–H groups in total.